The molecule has 0 amide bonds. The van der Waals surface area contributed by atoms with Gasteiger partial charge in [-0.25, -0.2) is 8.42 Å². The van der Waals surface area contributed by atoms with Crippen molar-refractivity contribution in [2.24, 2.45) is 0 Å². The van der Waals surface area contributed by atoms with Crippen LogP contribution in [0, 0.1) is 6.92 Å². The first kappa shape index (κ1) is 13.4. The molecule has 0 fully saturated rings. The van der Waals surface area contributed by atoms with Gasteiger partial charge in [0.05, 0.1) is 10.9 Å². The number of aryl methyl sites for hydroxylation is 1. The summed E-state index contributed by atoms with van der Waals surface area (Å²) in [5, 5.41) is 1.98. The number of hydrogen-bond donors (Lipinski definition) is 0. The normalized spacial score (nSPS) is 18.6. The van der Waals surface area contributed by atoms with E-state index in [0.29, 0.717) is 4.90 Å². The number of thiophene rings is 1. The molecular weight excluding hydrogens is 290 g/mol. The van der Waals surface area contributed by atoms with Gasteiger partial charge >= 0.3 is 0 Å². The molecule has 0 radical (unpaired) electrons. The Hall–Kier alpha value is -1.59. The Bertz CT molecular complexity index is 716. The molecule has 104 valence electrons. The zero-order valence-corrected chi connectivity index (χ0v) is 12.7. The number of hydrogen-bond acceptors (Lipinski definition) is 3. The van der Waals surface area contributed by atoms with Crippen LogP contribution in [0.5, 0.6) is 0 Å². The lowest BCUT2D eigenvalue weighted by atomic mass is 10.2. The third kappa shape index (κ3) is 2.27. The third-order valence-corrected chi connectivity index (χ3v) is 6.16. The van der Waals surface area contributed by atoms with Crippen LogP contribution in [0.2, 0.25) is 0 Å². The van der Waals surface area contributed by atoms with Crippen molar-refractivity contribution in [1.29, 1.82) is 0 Å². The van der Waals surface area contributed by atoms with E-state index in [-0.39, 0.29) is 6.04 Å². The summed E-state index contributed by atoms with van der Waals surface area (Å²) in [6.07, 6.45) is 4.32. The number of sulfonamides is 1. The van der Waals surface area contributed by atoms with E-state index >= 15 is 0 Å². The van der Waals surface area contributed by atoms with Crippen LogP contribution in [0.4, 0.5) is 0 Å². The second kappa shape index (κ2) is 5.07. The maximum Gasteiger partial charge on any atom is 0.264 e. The van der Waals surface area contributed by atoms with Crippen molar-refractivity contribution in [2.75, 3.05) is 0 Å². The van der Waals surface area contributed by atoms with E-state index in [4.69, 9.17) is 0 Å². The Labute approximate surface area is 123 Å². The number of nitrogens with zero attached hydrogens (tertiary/aromatic N) is 1. The molecule has 3 nitrogen and oxygen atoms in total. The van der Waals surface area contributed by atoms with Gasteiger partial charge in [-0.3, -0.25) is 4.31 Å². The van der Waals surface area contributed by atoms with E-state index < -0.39 is 10.0 Å². The van der Waals surface area contributed by atoms with Gasteiger partial charge in [0.1, 0.15) is 0 Å². The molecular formula is C15H15NO2S2. The lowest BCUT2D eigenvalue weighted by Crippen LogP contribution is -2.27. The second-order valence-corrected chi connectivity index (χ2v) is 7.62. The highest BCUT2D eigenvalue weighted by Gasteiger charge is 2.32. The maximum atomic E-state index is 12.7. The second-order valence-electron chi connectivity index (χ2n) is 4.80. The van der Waals surface area contributed by atoms with E-state index in [1.807, 2.05) is 42.6 Å². The molecule has 0 aliphatic carbocycles. The molecule has 5 heteroatoms. The van der Waals surface area contributed by atoms with Gasteiger partial charge in [0.15, 0.2) is 0 Å². The summed E-state index contributed by atoms with van der Waals surface area (Å²) in [5.41, 5.74) is 1.05. The Balaban J connectivity index is 1.98. The van der Waals surface area contributed by atoms with Crippen molar-refractivity contribution in [1.82, 2.24) is 4.31 Å². The summed E-state index contributed by atoms with van der Waals surface area (Å²) in [6.45, 7) is 1.95. The third-order valence-electron chi connectivity index (χ3n) is 3.39. The maximum absolute atomic E-state index is 12.7. The lowest BCUT2D eigenvalue weighted by molar-refractivity contribution is 0.439. The topological polar surface area (TPSA) is 37.4 Å². The Morgan fingerprint density at radius 3 is 2.60 bits per heavy atom. The van der Waals surface area contributed by atoms with Crippen LogP contribution in [-0.2, 0) is 10.0 Å². The number of benzene rings is 1. The van der Waals surface area contributed by atoms with E-state index in [1.54, 1.807) is 29.7 Å². The molecule has 20 heavy (non-hydrogen) atoms. The summed E-state index contributed by atoms with van der Waals surface area (Å²) in [4.78, 5) is 1.42. The molecule has 1 aliphatic rings. The first-order valence-electron chi connectivity index (χ1n) is 6.39. The standard InChI is InChI=1S/C15H15NO2S2/c1-12-6-8-13(9-7-12)20(17,18)16-10-2-4-14(16)15-5-3-11-19-15/h2-3,5-11,14H,4H2,1H3. The molecule has 0 saturated carbocycles. The van der Waals surface area contributed by atoms with Gasteiger partial charge in [-0.15, -0.1) is 11.3 Å². The largest absolute Gasteiger partial charge is 0.265 e. The molecule has 0 N–H and O–H groups in total. The van der Waals surface area contributed by atoms with Gasteiger partial charge < -0.3 is 0 Å². The number of rotatable bonds is 3. The summed E-state index contributed by atoms with van der Waals surface area (Å²) in [7, 11) is -3.48. The van der Waals surface area contributed by atoms with Crippen LogP contribution in [0.3, 0.4) is 0 Å². The van der Waals surface area contributed by atoms with E-state index in [1.165, 1.54) is 4.31 Å². The summed E-state index contributed by atoms with van der Waals surface area (Å²) >= 11 is 1.59. The molecule has 2 aromatic rings. The molecule has 1 aromatic carbocycles. The molecule has 1 unspecified atom stereocenters. The first-order valence-corrected chi connectivity index (χ1v) is 8.71. The van der Waals surface area contributed by atoms with E-state index in [0.717, 1.165) is 16.9 Å². The Kier molecular flexibility index (Phi) is 3.40. The van der Waals surface area contributed by atoms with Crippen molar-refractivity contribution in [2.45, 2.75) is 24.3 Å². The SMILES string of the molecule is Cc1ccc(S(=O)(=O)N2C=CCC2c2cccs2)cc1. The molecule has 0 saturated heterocycles. The van der Waals surface area contributed by atoms with Crippen LogP contribution in [0.15, 0.2) is 58.9 Å². The molecule has 1 aliphatic heterocycles. The summed E-state index contributed by atoms with van der Waals surface area (Å²) < 4.78 is 26.9. The minimum atomic E-state index is -3.48. The average molecular weight is 305 g/mol. The quantitative estimate of drug-likeness (QED) is 0.867. The molecule has 0 spiro atoms. The van der Waals surface area contributed by atoms with Crippen LogP contribution >= 0.6 is 11.3 Å². The van der Waals surface area contributed by atoms with Crippen LogP contribution in [-0.4, -0.2) is 12.7 Å². The van der Waals surface area contributed by atoms with E-state index in [9.17, 15) is 8.42 Å². The average Bonchev–Trinajstić information content (AvgIpc) is 3.10. The predicted octanol–water partition coefficient (Wildman–Crippen LogP) is 3.71. The predicted molar refractivity (Wildman–Crippen MR) is 81.0 cm³/mol. The summed E-state index contributed by atoms with van der Waals surface area (Å²) in [5.74, 6) is 0. The fourth-order valence-corrected chi connectivity index (χ4v) is 4.71. The van der Waals surface area contributed by atoms with E-state index in [2.05, 4.69) is 0 Å². The zero-order chi connectivity index (χ0) is 14.2. The lowest BCUT2D eigenvalue weighted by Gasteiger charge is -2.24. The van der Waals surface area contributed by atoms with Gasteiger partial charge in [0, 0.05) is 11.1 Å². The van der Waals surface area contributed by atoms with Gasteiger partial charge in [0.25, 0.3) is 10.0 Å². The minimum absolute atomic E-state index is 0.110. The van der Waals surface area contributed by atoms with Crippen LogP contribution in [0.1, 0.15) is 22.9 Å². The fourth-order valence-electron chi connectivity index (χ4n) is 2.30. The molecule has 1 aromatic heterocycles. The van der Waals surface area contributed by atoms with Gasteiger partial charge in [-0.2, -0.15) is 0 Å². The van der Waals surface area contributed by atoms with Crippen molar-refractivity contribution in [3.8, 4) is 0 Å². The zero-order valence-electron chi connectivity index (χ0n) is 11.1. The molecule has 2 heterocycles. The smallest absolute Gasteiger partial charge is 0.264 e. The van der Waals surface area contributed by atoms with Gasteiger partial charge in [0.2, 0.25) is 0 Å². The monoisotopic (exact) mass is 305 g/mol. The highest BCUT2D eigenvalue weighted by atomic mass is 32.2. The molecule has 3 rings (SSSR count). The van der Waals surface area contributed by atoms with Crippen molar-refractivity contribution in [3.63, 3.8) is 0 Å². The minimum Gasteiger partial charge on any atom is -0.265 e. The van der Waals surface area contributed by atoms with Gasteiger partial charge in [-0.1, -0.05) is 29.8 Å². The fraction of sp³-hybridized carbons (Fsp3) is 0.200. The Morgan fingerprint density at radius 2 is 1.95 bits per heavy atom. The van der Waals surface area contributed by atoms with Crippen LogP contribution in [0.25, 0.3) is 0 Å². The van der Waals surface area contributed by atoms with Gasteiger partial charge in [-0.05, 0) is 36.9 Å². The van der Waals surface area contributed by atoms with Crippen molar-refractivity contribution < 1.29 is 8.42 Å². The Morgan fingerprint density at radius 1 is 1.20 bits per heavy atom. The highest BCUT2D eigenvalue weighted by Crippen LogP contribution is 2.37. The molecule has 1 atom stereocenters. The van der Waals surface area contributed by atoms with Crippen molar-refractivity contribution in [3.05, 3.63) is 64.5 Å². The first-order chi connectivity index (χ1) is 9.59. The molecule has 0 bridgehead atoms. The van der Waals surface area contributed by atoms with Crippen LogP contribution < -0.4 is 0 Å². The summed E-state index contributed by atoms with van der Waals surface area (Å²) in [6, 6.07) is 10.8. The van der Waals surface area contributed by atoms with Crippen molar-refractivity contribution >= 4 is 21.4 Å². The highest BCUT2D eigenvalue weighted by molar-refractivity contribution is 7.89.